The van der Waals surface area contributed by atoms with Crippen molar-refractivity contribution in [3.63, 3.8) is 0 Å². The van der Waals surface area contributed by atoms with Crippen LogP contribution in [0.2, 0.25) is 0 Å². The highest BCUT2D eigenvalue weighted by Gasteiger charge is 2.60. The Morgan fingerprint density at radius 3 is 2.71 bits per heavy atom. The lowest BCUT2D eigenvalue weighted by atomic mass is 9.70. The summed E-state index contributed by atoms with van der Waals surface area (Å²) in [6.07, 6.45) is 4.08. The van der Waals surface area contributed by atoms with E-state index >= 15 is 0 Å². The van der Waals surface area contributed by atoms with Crippen molar-refractivity contribution in [2.45, 2.75) is 31.8 Å². The topological polar surface area (TPSA) is 119 Å². The van der Waals surface area contributed by atoms with Gasteiger partial charge in [0.1, 0.15) is 23.5 Å². The molecule has 35 heavy (non-hydrogen) atoms. The van der Waals surface area contributed by atoms with E-state index in [1.165, 1.54) is 12.3 Å². The van der Waals surface area contributed by atoms with Crippen LogP contribution in [0.3, 0.4) is 0 Å². The Morgan fingerprint density at radius 2 is 2.00 bits per heavy atom. The van der Waals surface area contributed by atoms with Crippen molar-refractivity contribution in [2.75, 3.05) is 5.32 Å². The van der Waals surface area contributed by atoms with Crippen LogP contribution in [-0.2, 0) is 11.3 Å². The number of anilines is 1. The van der Waals surface area contributed by atoms with E-state index in [9.17, 15) is 18.7 Å². The van der Waals surface area contributed by atoms with Crippen molar-refractivity contribution in [1.29, 1.82) is 0 Å². The number of rotatable bonds is 7. The molecule has 2 bridgehead atoms. The second kappa shape index (κ2) is 7.97. The van der Waals surface area contributed by atoms with Gasteiger partial charge in [-0.3, -0.25) is 9.48 Å². The van der Waals surface area contributed by atoms with Crippen LogP contribution in [0.4, 0.5) is 14.6 Å². The molecule has 0 spiro atoms. The zero-order chi connectivity index (χ0) is 24.2. The summed E-state index contributed by atoms with van der Waals surface area (Å²) in [7, 11) is 0. The minimum absolute atomic E-state index is 0.000251. The molecule has 2 N–H and O–H groups in total. The maximum absolute atomic E-state index is 14.6. The molecule has 3 fully saturated rings. The highest BCUT2D eigenvalue weighted by molar-refractivity contribution is 5.77. The van der Waals surface area contributed by atoms with Gasteiger partial charge in [0.25, 0.3) is 0 Å². The number of benzene rings is 1. The summed E-state index contributed by atoms with van der Waals surface area (Å²) in [5.74, 6) is -1.46. The molecule has 178 valence electrons. The minimum atomic E-state index is -0.803. The fourth-order valence-electron chi connectivity index (χ4n) is 5.17. The number of carboxylic acids is 1. The van der Waals surface area contributed by atoms with Gasteiger partial charge in [-0.05, 0) is 37.3 Å². The van der Waals surface area contributed by atoms with Crippen LogP contribution in [-0.4, -0.2) is 42.0 Å². The van der Waals surface area contributed by atoms with Gasteiger partial charge in [-0.1, -0.05) is 23.4 Å². The molecule has 3 aromatic heterocycles. The van der Waals surface area contributed by atoms with E-state index in [1.54, 1.807) is 35.0 Å². The van der Waals surface area contributed by atoms with Crippen LogP contribution in [0.5, 0.6) is 0 Å². The van der Waals surface area contributed by atoms with Crippen molar-refractivity contribution in [3.05, 3.63) is 66.1 Å². The van der Waals surface area contributed by atoms with Gasteiger partial charge in [-0.2, -0.15) is 5.10 Å². The molecule has 0 saturated heterocycles. The molecule has 3 aliphatic rings. The summed E-state index contributed by atoms with van der Waals surface area (Å²) in [5, 5.41) is 21.1. The summed E-state index contributed by atoms with van der Waals surface area (Å²) in [6.45, 7) is 0.127. The van der Waals surface area contributed by atoms with Gasteiger partial charge in [-0.15, -0.1) is 0 Å². The molecule has 0 unspecified atom stereocenters. The fourth-order valence-corrected chi connectivity index (χ4v) is 5.17. The van der Waals surface area contributed by atoms with Crippen LogP contribution in [0.25, 0.3) is 22.9 Å². The second-order valence-electron chi connectivity index (χ2n) is 9.15. The van der Waals surface area contributed by atoms with E-state index in [0.717, 1.165) is 6.20 Å². The Bertz CT molecular complexity index is 1410. The van der Waals surface area contributed by atoms with Crippen LogP contribution >= 0.6 is 0 Å². The molecular formula is C24H20F2N6O3. The lowest BCUT2D eigenvalue weighted by Gasteiger charge is -2.34. The molecular weight excluding hydrogens is 458 g/mol. The maximum Gasteiger partial charge on any atom is 0.309 e. The predicted molar refractivity (Wildman–Crippen MR) is 119 cm³/mol. The molecule has 4 aromatic rings. The number of hydrogen-bond acceptors (Lipinski definition) is 7. The average Bonchev–Trinajstić information content (AvgIpc) is 3.59. The van der Waals surface area contributed by atoms with E-state index in [0.29, 0.717) is 41.9 Å². The normalized spacial score (nSPS) is 22.7. The van der Waals surface area contributed by atoms with Crippen molar-refractivity contribution < 1.29 is 23.2 Å². The van der Waals surface area contributed by atoms with Gasteiger partial charge in [0.05, 0.1) is 23.9 Å². The van der Waals surface area contributed by atoms with E-state index in [2.05, 4.69) is 25.5 Å². The second-order valence-corrected chi connectivity index (χ2v) is 9.15. The lowest BCUT2D eigenvalue weighted by molar-refractivity contribution is -0.153. The number of aliphatic carboxylic acids is 1. The zero-order valence-corrected chi connectivity index (χ0v) is 18.4. The highest BCUT2D eigenvalue weighted by atomic mass is 19.1. The Labute approximate surface area is 197 Å². The molecule has 9 nitrogen and oxygen atoms in total. The number of nitrogens with one attached hydrogen (secondary N) is 1. The molecule has 7 rings (SSSR count). The van der Waals surface area contributed by atoms with Gasteiger partial charge in [0.2, 0.25) is 0 Å². The third-order valence-electron chi connectivity index (χ3n) is 6.99. The number of aromatic nitrogens is 5. The third kappa shape index (κ3) is 3.63. The largest absolute Gasteiger partial charge is 0.481 e. The lowest BCUT2D eigenvalue weighted by Crippen LogP contribution is -2.36. The molecule has 0 radical (unpaired) electrons. The molecule has 3 saturated carbocycles. The summed E-state index contributed by atoms with van der Waals surface area (Å²) in [4.78, 5) is 20.0. The number of carbonyl (C=O) groups is 1. The quantitative estimate of drug-likeness (QED) is 0.409. The average molecular weight is 478 g/mol. The number of fused-ring (bicyclic) bond motifs is 1. The smallest absolute Gasteiger partial charge is 0.309 e. The first kappa shape index (κ1) is 21.4. The van der Waals surface area contributed by atoms with Gasteiger partial charge < -0.3 is 14.9 Å². The molecule has 11 heteroatoms. The minimum Gasteiger partial charge on any atom is -0.481 e. The molecule has 0 amide bonds. The Morgan fingerprint density at radius 1 is 1.17 bits per heavy atom. The molecule has 1 aromatic carbocycles. The highest BCUT2D eigenvalue weighted by Crippen LogP contribution is 2.59. The van der Waals surface area contributed by atoms with Crippen LogP contribution in [0, 0.1) is 23.0 Å². The fraction of sp³-hybridized carbons (Fsp3) is 0.292. The van der Waals surface area contributed by atoms with E-state index in [4.69, 9.17) is 4.52 Å². The van der Waals surface area contributed by atoms with Gasteiger partial charge in [-0.25, -0.2) is 18.7 Å². The number of nitrogens with zero attached hydrogens (tertiary/aromatic N) is 5. The maximum atomic E-state index is 14.6. The molecule has 0 aliphatic heterocycles. The van der Waals surface area contributed by atoms with E-state index < -0.39 is 17.2 Å². The number of halogens is 2. The first-order valence-corrected chi connectivity index (χ1v) is 11.2. The van der Waals surface area contributed by atoms with Crippen molar-refractivity contribution in [2.24, 2.45) is 11.3 Å². The molecule has 1 atom stereocenters. The molecule has 3 heterocycles. The number of hydrogen-bond donors (Lipinski definition) is 2. The summed E-state index contributed by atoms with van der Waals surface area (Å²) >= 11 is 0. The van der Waals surface area contributed by atoms with Gasteiger partial charge in [0.15, 0.2) is 17.5 Å². The van der Waals surface area contributed by atoms with Gasteiger partial charge >= 0.3 is 5.97 Å². The van der Waals surface area contributed by atoms with Crippen LogP contribution in [0.1, 0.15) is 24.8 Å². The van der Waals surface area contributed by atoms with Gasteiger partial charge in [0, 0.05) is 17.7 Å². The van der Waals surface area contributed by atoms with Crippen molar-refractivity contribution >= 4 is 11.8 Å². The Hall–Kier alpha value is -4.15. The zero-order valence-electron chi connectivity index (χ0n) is 18.4. The van der Waals surface area contributed by atoms with E-state index in [-0.39, 0.29) is 36.0 Å². The van der Waals surface area contributed by atoms with Crippen molar-refractivity contribution in [3.8, 4) is 22.9 Å². The Kier molecular flexibility index (Phi) is 4.87. The summed E-state index contributed by atoms with van der Waals surface area (Å²) in [6, 6.07) is 9.55. The molecule has 3 aliphatic carbocycles. The predicted octanol–water partition coefficient (Wildman–Crippen LogP) is 3.99. The van der Waals surface area contributed by atoms with Crippen LogP contribution in [0.15, 0.2) is 53.4 Å². The first-order valence-electron chi connectivity index (χ1n) is 11.2. The SMILES string of the molecule is O=C(O)C12CC(C1)[C@H](Nc1nc(-c3cc(-c4ccon4)n(Cc4ccccc4F)n3)ncc1F)C2. The summed E-state index contributed by atoms with van der Waals surface area (Å²) < 4.78 is 35.4. The standard InChI is InChI=1S/C24H20F2N6O3/c25-15-4-2-1-3-13(15)12-32-20(17-5-6-35-31-17)7-18(30-32)22-27-11-16(26)21(29-22)28-19-10-24(23(33)34)8-14(19)9-24/h1-7,11,14,19H,8-10,12H2,(H,33,34)(H,27,28,29)/t14?,19-,24?/m1/s1. The number of carboxylic acid groups (broad SMARTS) is 1. The van der Waals surface area contributed by atoms with Crippen molar-refractivity contribution in [1.82, 2.24) is 24.9 Å². The monoisotopic (exact) mass is 478 g/mol. The first-order chi connectivity index (χ1) is 16.9. The third-order valence-corrected chi connectivity index (χ3v) is 6.99. The summed E-state index contributed by atoms with van der Waals surface area (Å²) in [5.41, 5.74) is 1.11. The van der Waals surface area contributed by atoms with E-state index in [1.807, 2.05) is 0 Å². The van der Waals surface area contributed by atoms with Crippen LogP contribution < -0.4 is 5.32 Å². The Balaban J connectivity index is 1.32.